The van der Waals surface area contributed by atoms with Gasteiger partial charge in [-0.1, -0.05) is 19.1 Å². The van der Waals surface area contributed by atoms with Crippen LogP contribution in [-0.2, 0) is 20.8 Å². The topological polar surface area (TPSA) is 75.3 Å². The van der Waals surface area contributed by atoms with Gasteiger partial charge in [0.1, 0.15) is 4.90 Å². The third-order valence-corrected chi connectivity index (χ3v) is 5.55. The molecule has 0 saturated carbocycles. The van der Waals surface area contributed by atoms with Gasteiger partial charge in [0.2, 0.25) is 10.0 Å². The van der Waals surface area contributed by atoms with E-state index in [2.05, 4.69) is 10.0 Å². The molecule has 1 aromatic rings. The van der Waals surface area contributed by atoms with E-state index in [4.69, 9.17) is 0 Å². The molecule has 0 saturated heterocycles. The third-order valence-electron chi connectivity index (χ3n) is 2.53. The molecule has 0 bridgehead atoms. The van der Waals surface area contributed by atoms with Crippen LogP contribution in [0, 0.1) is 0 Å². The minimum absolute atomic E-state index is 0.166. The Labute approximate surface area is 123 Å². The molecule has 2 N–H and O–H groups in total. The van der Waals surface area contributed by atoms with Crippen molar-refractivity contribution >= 4 is 26.5 Å². The highest BCUT2D eigenvalue weighted by molar-refractivity contribution is 7.89. The van der Waals surface area contributed by atoms with Crippen molar-refractivity contribution in [3.8, 4) is 0 Å². The second kappa shape index (κ2) is 7.75. The van der Waals surface area contributed by atoms with Crippen LogP contribution in [0.4, 0.5) is 5.69 Å². The molecule has 1 aromatic carbocycles. The van der Waals surface area contributed by atoms with E-state index in [0.29, 0.717) is 23.7 Å². The zero-order valence-corrected chi connectivity index (χ0v) is 13.7. The molecule has 0 heterocycles. The minimum atomic E-state index is -3.53. The Kier molecular flexibility index (Phi) is 6.64. The first-order valence-corrected chi connectivity index (χ1v) is 9.54. The van der Waals surface area contributed by atoms with Crippen molar-refractivity contribution in [1.82, 2.24) is 4.72 Å². The molecule has 114 valence electrons. The summed E-state index contributed by atoms with van der Waals surface area (Å²) in [5, 5.41) is 3.05. The summed E-state index contributed by atoms with van der Waals surface area (Å²) in [6.45, 7) is 5.89. The highest BCUT2D eigenvalue weighted by Crippen LogP contribution is 2.20. The van der Waals surface area contributed by atoms with Gasteiger partial charge in [-0.25, -0.2) is 13.1 Å². The zero-order chi connectivity index (χ0) is 15.2. The van der Waals surface area contributed by atoms with Gasteiger partial charge >= 0.3 is 0 Å². The normalized spacial score (nSPS) is 13.4. The highest BCUT2D eigenvalue weighted by atomic mass is 32.2. The van der Waals surface area contributed by atoms with E-state index in [1.165, 1.54) is 0 Å². The van der Waals surface area contributed by atoms with Crippen LogP contribution in [0.25, 0.3) is 0 Å². The highest BCUT2D eigenvalue weighted by Gasteiger charge is 2.18. The molecule has 5 nitrogen and oxygen atoms in total. The molecule has 7 heteroatoms. The Bertz CT molecular complexity index is 556. The van der Waals surface area contributed by atoms with Crippen LogP contribution in [0.1, 0.15) is 20.8 Å². The van der Waals surface area contributed by atoms with Crippen LogP contribution < -0.4 is 10.0 Å². The number of rotatable bonds is 8. The summed E-state index contributed by atoms with van der Waals surface area (Å²) in [5.41, 5.74) is 0.536. The smallest absolute Gasteiger partial charge is 0.242 e. The molecular formula is C13H22N2O3S2. The Morgan fingerprint density at radius 1 is 1.25 bits per heavy atom. The summed E-state index contributed by atoms with van der Waals surface area (Å²) in [6, 6.07) is 6.56. The Hall–Kier alpha value is -0.920. The van der Waals surface area contributed by atoms with E-state index in [1.807, 2.05) is 6.92 Å². The predicted octanol–water partition coefficient (Wildman–Crippen LogP) is 1.55. The largest absolute Gasteiger partial charge is 0.383 e. The van der Waals surface area contributed by atoms with E-state index in [9.17, 15) is 12.6 Å². The molecule has 0 aliphatic carbocycles. The number of nitrogens with one attached hydrogen (secondary N) is 2. The van der Waals surface area contributed by atoms with Gasteiger partial charge in [0, 0.05) is 34.9 Å². The lowest BCUT2D eigenvalue weighted by Crippen LogP contribution is -2.31. The van der Waals surface area contributed by atoms with Crippen molar-refractivity contribution in [2.45, 2.75) is 31.7 Å². The summed E-state index contributed by atoms with van der Waals surface area (Å²) < 4.78 is 38.3. The average molecular weight is 318 g/mol. The molecule has 1 rings (SSSR count). The SMILES string of the molecule is CCS(=O)CCNc1ccccc1S(=O)(=O)NC(C)C. The van der Waals surface area contributed by atoms with Gasteiger partial charge in [0.25, 0.3) is 0 Å². The van der Waals surface area contributed by atoms with Gasteiger partial charge < -0.3 is 5.32 Å². The van der Waals surface area contributed by atoms with Crippen molar-refractivity contribution in [3.63, 3.8) is 0 Å². The van der Waals surface area contributed by atoms with Crippen molar-refractivity contribution in [3.05, 3.63) is 24.3 Å². The van der Waals surface area contributed by atoms with Crippen LogP contribution in [0.3, 0.4) is 0 Å². The molecule has 0 amide bonds. The number of para-hydroxylation sites is 1. The lowest BCUT2D eigenvalue weighted by atomic mass is 10.3. The predicted molar refractivity (Wildman–Crippen MR) is 83.9 cm³/mol. The second-order valence-electron chi connectivity index (χ2n) is 4.63. The molecule has 1 atom stereocenters. The fraction of sp³-hybridized carbons (Fsp3) is 0.538. The van der Waals surface area contributed by atoms with E-state index in [0.717, 1.165) is 0 Å². The van der Waals surface area contributed by atoms with Crippen LogP contribution >= 0.6 is 0 Å². The van der Waals surface area contributed by atoms with E-state index >= 15 is 0 Å². The number of hydrogen-bond acceptors (Lipinski definition) is 4. The summed E-state index contributed by atoms with van der Waals surface area (Å²) in [4.78, 5) is 0.219. The number of sulfonamides is 1. The van der Waals surface area contributed by atoms with E-state index < -0.39 is 20.8 Å². The van der Waals surface area contributed by atoms with Gasteiger partial charge in [0.05, 0.1) is 5.69 Å². The summed E-state index contributed by atoms with van der Waals surface area (Å²) >= 11 is 0. The lowest BCUT2D eigenvalue weighted by Gasteiger charge is -2.14. The average Bonchev–Trinajstić information content (AvgIpc) is 2.37. The summed E-state index contributed by atoms with van der Waals surface area (Å²) in [7, 11) is -4.40. The van der Waals surface area contributed by atoms with Crippen LogP contribution in [0.2, 0.25) is 0 Å². The summed E-state index contributed by atoms with van der Waals surface area (Å²) in [5.74, 6) is 1.11. The molecule has 20 heavy (non-hydrogen) atoms. The maximum atomic E-state index is 12.2. The van der Waals surface area contributed by atoms with Crippen LogP contribution in [-0.4, -0.2) is 36.7 Å². The van der Waals surface area contributed by atoms with E-state index in [-0.39, 0.29) is 10.9 Å². The first-order valence-electron chi connectivity index (χ1n) is 6.57. The Morgan fingerprint density at radius 3 is 2.50 bits per heavy atom. The monoisotopic (exact) mass is 318 g/mol. The molecule has 0 aromatic heterocycles. The number of benzene rings is 1. The van der Waals surface area contributed by atoms with Crippen molar-refractivity contribution in [1.29, 1.82) is 0 Å². The molecule has 0 aliphatic heterocycles. The standard InChI is InChI=1S/C13H22N2O3S2/c1-4-19(16)10-9-14-12-7-5-6-8-13(12)20(17,18)15-11(2)3/h5-8,11,14-15H,4,9-10H2,1-3H3. The fourth-order valence-corrected chi connectivity index (χ4v) is 3.72. The van der Waals surface area contributed by atoms with Crippen LogP contribution in [0.15, 0.2) is 29.2 Å². The Morgan fingerprint density at radius 2 is 1.90 bits per heavy atom. The molecular weight excluding hydrogens is 296 g/mol. The maximum Gasteiger partial charge on any atom is 0.242 e. The molecule has 0 spiro atoms. The molecule has 0 fully saturated rings. The maximum absolute atomic E-state index is 12.2. The van der Waals surface area contributed by atoms with Gasteiger partial charge in [0.15, 0.2) is 0 Å². The van der Waals surface area contributed by atoms with Crippen molar-refractivity contribution in [2.75, 3.05) is 23.4 Å². The molecule has 0 radical (unpaired) electrons. The van der Waals surface area contributed by atoms with Gasteiger partial charge in [-0.2, -0.15) is 0 Å². The lowest BCUT2D eigenvalue weighted by molar-refractivity contribution is 0.570. The second-order valence-corrected chi connectivity index (χ2v) is 8.18. The van der Waals surface area contributed by atoms with Gasteiger partial charge in [-0.3, -0.25) is 4.21 Å². The molecule has 1 unspecified atom stereocenters. The fourth-order valence-electron chi connectivity index (χ4n) is 1.66. The molecule has 0 aliphatic rings. The number of hydrogen-bond donors (Lipinski definition) is 2. The first kappa shape index (κ1) is 17.1. The third kappa shape index (κ3) is 5.22. The summed E-state index contributed by atoms with van der Waals surface area (Å²) in [6.07, 6.45) is 0. The minimum Gasteiger partial charge on any atom is -0.383 e. The first-order chi connectivity index (χ1) is 9.36. The quantitative estimate of drug-likeness (QED) is 0.762. The Balaban J connectivity index is 2.86. The number of anilines is 1. The zero-order valence-electron chi connectivity index (χ0n) is 12.0. The van der Waals surface area contributed by atoms with Gasteiger partial charge in [-0.15, -0.1) is 0 Å². The van der Waals surface area contributed by atoms with Crippen molar-refractivity contribution < 1.29 is 12.6 Å². The van der Waals surface area contributed by atoms with Crippen molar-refractivity contribution in [2.24, 2.45) is 0 Å². The van der Waals surface area contributed by atoms with E-state index in [1.54, 1.807) is 38.1 Å². The van der Waals surface area contributed by atoms with Crippen LogP contribution in [0.5, 0.6) is 0 Å². The van der Waals surface area contributed by atoms with Gasteiger partial charge in [-0.05, 0) is 26.0 Å².